The minimum Gasteiger partial charge on any atom is -1.00 e. The largest absolute Gasteiger partial charge is 1.00 e. The summed E-state index contributed by atoms with van der Waals surface area (Å²) in [4.78, 5) is 0. The molecule has 16 heavy (non-hydrogen) atoms. The van der Waals surface area contributed by atoms with E-state index < -0.39 is 0 Å². The molecule has 92 valence electrons. The first-order valence-electron chi connectivity index (χ1n) is 6.28. The van der Waals surface area contributed by atoms with Gasteiger partial charge in [-0.25, -0.2) is 4.57 Å². The number of unbranched alkanes of at least 4 members (excludes halogenated alkanes) is 5. The van der Waals surface area contributed by atoms with Crippen LogP contribution in [0.1, 0.15) is 51.0 Å². The van der Waals surface area contributed by atoms with Gasteiger partial charge >= 0.3 is 0 Å². The van der Waals surface area contributed by atoms with Crippen molar-refractivity contribution < 1.29 is 21.5 Å². The molecule has 0 unspecified atom stereocenters. The van der Waals surface area contributed by atoms with Crippen molar-refractivity contribution in [1.29, 1.82) is 0 Å². The zero-order valence-electron chi connectivity index (χ0n) is 10.6. The minimum atomic E-state index is 0. The van der Waals surface area contributed by atoms with Gasteiger partial charge in [-0.15, -0.1) is 0 Å². The van der Waals surface area contributed by atoms with Gasteiger partial charge in [-0.05, 0) is 18.9 Å². The maximum absolute atomic E-state index is 2.28. The predicted molar refractivity (Wildman–Crippen MR) is 64.8 cm³/mol. The van der Waals surface area contributed by atoms with Crippen LogP contribution >= 0.6 is 0 Å². The summed E-state index contributed by atoms with van der Waals surface area (Å²) in [6.07, 6.45) is 12.6. The fourth-order valence-electron chi connectivity index (χ4n) is 1.76. The van der Waals surface area contributed by atoms with E-state index in [1.54, 1.807) is 0 Å². The second-order valence-corrected chi connectivity index (χ2v) is 4.38. The first-order chi connectivity index (χ1) is 7.33. The number of nitrogens with zero attached hydrogens (tertiary/aromatic N) is 1. The summed E-state index contributed by atoms with van der Waals surface area (Å²) in [6.45, 7) is 5.57. The summed E-state index contributed by atoms with van der Waals surface area (Å²) in [5, 5.41) is 0. The molecule has 0 spiro atoms. The summed E-state index contributed by atoms with van der Waals surface area (Å²) < 4.78 is 2.28. The summed E-state index contributed by atoms with van der Waals surface area (Å²) in [5.41, 5.74) is 1.34. The first kappa shape index (κ1) is 15.6. The van der Waals surface area contributed by atoms with Crippen molar-refractivity contribution in [3.63, 3.8) is 0 Å². The highest BCUT2D eigenvalue weighted by molar-refractivity contribution is 5.03. The van der Waals surface area contributed by atoms with Crippen molar-refractivity contribution in [2.24, 2.45) is 0 Å². The lowest BCUT2D eigenvalue weighted by molar-refractivity contribution is -0.697. The van der Waals surface area contributed by atoms with Gasteiger partial charge in [-0.3, -0.25) is 0 Å². The van der Waals surface area contributed by atoms with Crippen LogP contribution in [0.15, 0.2) is 24.5 Å². The van der Waals surface area contributed by atoms with Crippen LogP contribution < -0.4 is 21.5 Å². The van der Waals surface area contributed by atoms with E-state index in [4.69, 9.17) is 0 Å². The van der Waals surface area contributed by atoms with Crippen molar-refractivity contribution in [1.82, 2.24) is 0 Å². The Hall–Kier alpha value is -0.370. The van der Waals surface area contributed by atoms with Crippen LogP contribution in [-0.4, -0.2) is 0 Å². The molecule has 1 heterocycles. The molecule has 0 aliphatic rings. The maximum atomic E-state index is 2.28. The van der Waals surface area contributed by atoms with E-state index in [9.17, 15) is 0 Å². The van der Waals surface area contributed by atoms with Crippen LogP contribution in [0.2, 0.25) is 0 Å². The summed E-state index contributed by atoms with van der Waals surface area (Å²) in [5.74, 6) is 0. The van der Waals surface area contributed by atoms with E-state index in [2.05, 4.69) is 42.9 Å². The van der Waals surface area contributed by atoms with E-state index in [0.717, 1.165) is 0 Å². The smallest absolute Gasteiger partial charge is 0.169 e. The zero-order chi connectivity index (χ0) is 10.9. The molecular weight excluding hydrogens is 262 g/mol. The van der Waals surface area contributed by atoms with E-state index in [1.807, 2.05) is 0 Å². The molecule has 0 amide bonds. The van der Waals surface area contributed by atoms with Crippen LogP contribution in [-0.2, 0) is 6.54 Å². The van der Waals surface area contributed by atoms with Gasteiger partial charge in [0.25, 0.3) is 0 Å². The van der Waals surface area contributed by atoms with Crippen molar-refractivity contribution >= 4 is 0 Å². The SMILES string of the molecule is CCCCCCCC[n+]1ccc(C)cc1.[Br-]. The molecule has 0 bridgehead atoms. The molecule has 0 aliphatic carbocycles. The molecule has 0 aromatic carbocycles. The number of rotatable bonds is 7. The second kappa shape index (κ2) is 9.83. The number of aryl methyl sites for hydroxylation is 2. The molecule has 0 saturated carbocycles. The van der Waals surface area contributed by atoms with Crippen LogP contribution in [0.4, 0.5) is 0 Å². The van der Waals surface area contributed by atoms with Crippen LogP contribution in [0.25, 0.3) is 0 Å². The molecule has 0 saturated heterocycles. The van der Waals surface area contributed by atoms with E-state index in [-0.39, 0.29) is 17.0 Å². The monoisotopic (exact) mass is 285 g/mol. The summed E-state index contributed by atoms with van der Waals surface area (Å²) in [6, 6.07) is 4.36. The minimum absolute atomic E-state index is 0. The molecule has 1 aromatic rings. The molecule has 1 nitrogen and oxygen atoms in total. The Labute approximate surface area is 111 Å². The maximum Gasteiger partial charge on any atom is 0.169 e. The van der Waals surface area contributed by atoms with Crippen LogP contribution in [0, 0.1) is 6.92 Å². The third-order valence-electron chi connectivity index (χ3n) is 2.83. The predicted octanol–water partition coefficient (Wildman–Crippen LogP) is 0.647. The van der Waals surface area contributed by atoms with Gasteiger partial charge < -0.3 is 17.0 Å². The van der Waals surface area contributed by atoms with Gasteiger partial charge in [-0.1, -0.05) is 32.6 Å². The molecule has 1 aromatic heterocycles. The van der Waals surface area contributed by atoms with Crippen LogP contribution in [0.3, 0.4) is 0 Å². The Morgan fingerprint density at radius 1 is 0.938 bits per heavy atom. The van der Waals surface area contributed by atoms with Gasteiger partial charge in [0.15, 0.2) is 12.4 Å². The van der Waals surface area contributed by atoms with Crippen molar-refractivity contribution in [3.8, 4) is 0 Å². The highest BCUT2D eigenvalue weighted by Crippen LogP contribution is 2.04. The Morgan fingerprint density at radius 2 is 1.50 bits per heavy atom. The number of halogens is 1. The molecule has 1 rings (SSSR count). The summed E-state index contributed by atoms with van der Waals surface area (Å²) in [7, 11) is 0. The van der Waals surface area contributed by atoms with Gasteiger partial charge in [0.2, 0.25) is 0 Å². The molecular formula is C14H24BrN. The molecule has 0 fully saturated rings. The van der Waals surface area contributed by atoms with Gasteiger partial charge in [0.05, 0.1) is 0 Å². The standard InChI is InChI=1S/C14H24N.BrH/c1-3-4-5-6-7-8-11-15-12-9-14(2)10-13-15;/h9-10,12-13H,3-8,11H2,1-2H3;1H/q+1;/p-1. The lowest BCUT2D eigenvalue weighted by Crippen LogP contribution is -3.00. The first-order valence-corrected chi connectivity index (χ1v) is 6.28. The Morgan fingerprint density at radius 3 is 2.12 bits per heavy atom. The van der Waals surface area contributed by atoms with E-state index in [1.165, 1.54) is 50.6 Å². The summed E-state index contributed by atoms with van der Waals surface area (Å²) >= 11 is 0. The Bertz CT molecular complexity index is 256. The highest BCUT2D eigenvalue weighted by Gasteiger charge is 1.98. The van der Waals surface area contributed by atoms with E-state index >= 15 is 0 Å². The fourth-order valence-corrected chi connectivity index (χ4v) is 1.76. The topological polar surface area (TPSA) is 3.88 Å². The van der Waals surface area contributed by atoms with Gasteiger partial charge in [-0.2, -0.15) is 0 Å². The zero-order valence-corrected chi connectivity index (χ0v) is 12.2. The fraction of sp³-hybridized carbons (Fsp3) is 0.643. The van der Waals surface area contributed by atoms with Crippen molar-refractivity contribution in [3.05, 3.63) is 30.1 Å². The van der Waals surface area contributed by atoms with Crippen molar-refractivity contribution in [2.75, 3.05) is 0 Å². The second-order valence-electron chi connectivity index (χ2n) is 4.38. The third kappa shape index (κ3) is 7.00. The lowest BCUT2D eigenvalue weighted by Gasteiger charge is -1.99. The molecule has 0 aliphatic heterocycles. The lowest BCUT2D eigenvalue weighted by atomic mass is 10.1. The average Bonchev–Trinajstić information content (AvgIpc) is 2.26. The van der Waals surface area contributed by atoms with Crippen LogP contribution in [0.5, 0.6) is 0 Å². The van der Waals surface area contributed by atoms with Gasteiger partial charge in [0, 0.05) is 18.6 Å². The van der Waals surface area contributed by atoms with Crippen molar-refractivity contribution in [2.45, 2.75) is 58.9 Å². The Kier molecular flexibility index (Phi) is 9.60. The van der Waals surface area contributed by atoms with E-state index in [0.29, 0.717) is 0 Å². The number of hydrogen-bond acceptors (Lipinski definition) is 0. The molecule has 2 heteroatoms. The normalized spacial score (nSPS) is 9.88. The molecule has 0 N–H and O–H groups in total. The number of hydrogen-bond donors (Lipinski definition) is 0. The quantitative estimate of drug-likeness (QED) is 0.512. The third-order valence-corrected chi connectivity index (χ3v) is 2.83. The Balaban J connectivity index is 0.00000225. The molecule has 0 atom stereocenters. The average molecular weight is 286 g/mol. The number of aromatic nitrogens is 1. The highest BCUT2D eigenvalue weighted by atomic mass is 79.9. The van der Waals surface area contributed by atoms with Gasteiger partial charge in [0.1, 0.15) is 6.54 Å². The molecule has 0 radical (unpaired) electrons. The number of pyridine rings is 1.